The summed E-state index contributed by atoms with van der Waals surface area (Å²) in [6.45, 7) is 1.85. The Kier molecular flexibility index (Phi) is 3.96. The summed E-state index contributed by atoms with van der Waals surface area (Å²) in [6.07, 6.45) is 0.879. The third-order valence-corrected chi connectivity index (χ3v) is 6.06. The third kappa shape index (κ3) is 2.84. The molecule has 0 aliphatic heterocycles. The van der Waals surface area contributed by atoms with Gasteiger partial charge in [0.05, 0.1) is 7.11 Å². The molecule has 0 aromatic heterocycles. The number of rotatable bonds is 4. The molecule has 4 rings (SSSR count). The Morgan fingerprint density at radius 3 is 2.50 bits per heavy atom. The van der Waals surface area contributed by atoms with Crippen LogP contribution in [0.3, 0.4) is 0 Å². The lowest BCUT2D eigenvalue weighted by molar-refractivity contribution is 0.402. The molecule has 1 aliphatic rings. The van der Waals surface area contributed by atoms with Crippen LogP contribution in [0.15, 0.2) is 65.6 Å². The van der Waals surface area contributed by atoms with Gasteiger partial charge >= 0.3 is 0 Å². The topological polar surface area (TPSA) is 55.4 Å². The molecule has 4 nitrogen and oxygen atoms in total. The van der Waals surface area contributed by atoms with Crippen LogP contribution >= 0.6 is 0 Å². The number of nitrogens with one attached hydrogen (secondary N) is 1. The molecule has 0 saturated heterocycles. The molecule has 0 amide bonds. The van der Waals surface area contributed by atoms with Crippen LogP contribution in [0.2, 0.25) is 0 Å². The molecule has 26 heavy (non-hydrogen) atoms. The first kappa shape index (κ1) is 16.7. The highest BCUT2D eigenvalue weighted by Gasteiger charge is 2.22. The van der Waals surface area contributed by atoms with Crippen LogP contribution in [0.25, 0.3) is 11.1 Å². The van der Waals surface area contributed by atoms with Gasteiger partial charge in [-0.25, -0.2) is 8.42 Å². The summed E-state index contributed by atoms with van der Waals surface area (Å²) in [4.78, 5) is 0.140. The van der Waals surface area contributed by atoms with Crippen molar-refractivity contribution in [2.75, 3.05) is 11.8 Å². The standard InChI is InChI=1S/C21H19NO3S/c1-14-7-10-20(25-2)21(11-14)26(23,24)22-17-9-8-16-12-15-5-3-4-6-18(15)19(16)13-17/h3-11,13,22H,12H2,1-2H3. The molecule has 3 aromatic rings. The van der Waals surface area contributed by atoms with E-state index in [0.29, 0.717) is 11.4 Å². The first-order chi connectivity index (χ1) is 12.5. The average Bonchev–Trinajstić information content (AvgIpc) is 2.99. The van der Waals surface area contributed by atoms with Crippen molar-refractivity contribution in [3.63, 3.8) is 0 Å². The molecule has 0 spiro atoms. The lowest BCUT2D eigenvalue weighted by Gasteiger charge is -2.13. The molecule has 0 atom stereocenters. The van der Waals surface area contributed by atoms with Crippen molar-refractivity contribution in [1.29, 1.82) is 0 Å². The second-order valence-corrected chi connectivity index (χ2v) is 8.12. The molecule has 1 N–H and O–H groups in total. The van der Waals surface area contributed by atoms with Gasteiger partial charge in [-0.05, 0) is 65.4 Å². The molecule has 0 saturated carbocycles. The number of hydrogen-bond acceptors (Lipinski definition) is 3. The number of ether oxygens (including phenoxy) is 1. The molecule has 1 aliphatic carbocycles. The maximum Gasteiger partial charge on any atom is 0.265 e. The zero-order valence-corrected chi connectivity index (χ0v) is 15.4. The molecule has 0 heterocycles. The van der Waals surface area contributed by atoms with Crippen molar-refractivity contribution >= 4 is 15.7 Å². The Morgan fingerprint density at radius 2 is 1.69 bits per heavy atom. The van der Waals surface area contributed by atoms with Gasteiger partial charge in [-0.2, -0.15) is 0 Å². The number of aryl methyl sites for hydroxylation is 1. The number of anilines is 1. The quantitative estimate of drug-likeness (QED) is 0.584. The molecule has 0 fully saturated rings. The molecule has 0 unspecified atom stereocenters. The molecule has 0 bridgehead atoms. The summed E-state index contributed by atoms with van der Waals surface area (Å²) in [5, 5.41) is 0. The minimum absolute atomic E-state index is 0.140. The largest absolute Gasteiger partial charge is 0.495 e. The number of sulfonamides is 1. The van der Waals surface area contributed by atoms with Crippen LogP contribution in [0, 0.1) is 6.92 Å². The van der Waals surface area contributed by atoms with E-state index in [1.54, 1.807) is 12.1 Å². The maximum absolute atomic E-state index is 12.9. The number of hydrogen-bond donors (Lipinski definition) is 1. The van der Waals surface area contributed by atoms with Gasteiger partial charge in [0.15, 0.2) is 0 Å². The summed E-state index contributed by atoms with van der Waals surface area (Å²) in [6, 6.07) is 19.0. The van der Waals surface area contributed by atoms with Crippen molar-refractivity contribution in [2.24, 2.45) is 0 Å². The van der Waals surface area contributed by atoms with Crippen molar-refractivity contribution in [3.05, 3.63) is 77.4 Å². The third-order valence-electron chi connectivity index (χ3n) is 4.66. The van der Waals surface area contributed by atoms with E-state index in [2.05, 4.69) is 16.9 Å². The van der Waals surface area contributed by atoms with E-state index in [4.69, 9.17) is 4.74 Å². The second kappa shape index (κ2) is 6.18. The summed E-state index contributed by atoms with van der Waals surface area (Å²) < 4.78 is 33.7. The normalized spacial score (nSPS) is 12.4. The van der Waals surface area contributed by atoms with Crippen LogP contribution in [0.5, 0.6) is 5.75 Å². The van der Waals surface area contributed by atoms with Gasteiger partial charge in [0.2, 0.25) is 0 Å². The van der Waals surface area contributed by atoms with Gasteiger partial charge < -0.3 is 4.74 Å². The van der Waals surface area contributed by atoms with Gasteiger partial charge in [0.25, 0.3) is 10.0 Å². The highest BCUT2D eigenvalue weighted by atomic mass is 32.2. The van der Waals surface area contributed by atoms with Crippen molar-refractivity contribution < 1.29 is 13.2 Å². The van der Waals surface area contributed by atoms with Crippen molar-refractivity contribution in [2.45, 2.75) is 18.2 Å². The molecule has 3 aromatic carbocycles. The molecular formula is C21H19NO3S. The zero-order valence-electron chi connectivity index (χ0n) is 14.6. The smallest absolute Gasteiger partial charge is 0.265 e. The van der Waals surface area contributed by atoms with Crippen LogP contribution in [0.1, 0.15) is 16.7 Å². The van der Waals surface area contributed by atoms with E-state index in [-0.39, 0.29) is 4.90 Å². The summed E-state index contributed by atoms with van der Waals surface area (Å²) in [5.74, 6) is 0.328. The van der Waals surface area contributed by atoms with E-state index in [9.17, 15) is 8.42 Å². The number of fused-ring (bicyclic) bond motifs is 3. The predicted molar refractivity (Wildman–Crippen MR) is 103 cm³/mol. The van der Waals surface area contributed by atoms with E-state index in [1.165, 1.54) is 18.2 Å². The lowest BCUT2D eigenvalue weighted by Crippen LogP contribution is -2.14. The zero-order chi connectivity index (χ0) is 18.3. The lowest BCUT2D eigenvalue weighted by atomic mass is 10.1. The Morgan fingerprint density at radius 1 is 0.923 bits per heavy atom. The van der Waals surface area contributed by atoms with E-state index < -0.39 is 10.0 Å². The SMILES string of the molecule is COc1ccc(C)cc1S(=O)(=O)Nc1ccc2c(c1)-c1ccccc1C2. The maximum atomic E-state index is 12.9. The van der Waals surface area contributed by atoms with Crippen molar-refractivity contribution in [3.8, 4) is 16.9 Å². The van der Waals surface area contributed by atoms with Crippen LogP contribution in [-0.4, -0.2) is 15.5 Å². The monoisotopic (exact) mass is 365 g/mol. The van der Waals surface area contributed by atoms with E-state index >= 15 is 0 Å². The average molecular weight is 365 g/mol. The van der Waals surface area contributed by atoms with Gasteiger partial charge in [-0.1, -0.05) is 36.4 Å². The Hall–Kier alpha value is -2.79. The van der Waals surface area contributed by atoms with Gasteiger partial charge in [0.1, 0.15) is 10.6 Å². The van der Waals surface area contributed by atoms with Gasteiger partial charge in [-0.3, -0.25) is 4.72 Å². The van der Waals surface area contributed by atoms with Crippen LogP contribution in [-0.2, 0) is 16.4 Å². The summed E-state index contributed by atoms with van der Waals surface area (Å²) in [7, 11) is -2.28. The fraction of sp³-hybridized carbons (Fsp3) is 0.143. The molecule has 0 radical (unpaired) electrons. The minimum atomic E-state index is -3.75. The summed E-state index contributed by atoms with van der Waals surface area (Å²) in [5.41, 5.74) is 6.12. The minimum Gasteiger partial charge on any atom is -0.495 e. The summed E-state index contributed by atoms with van der Waals surface area (Å²) >= 11 is 0. The van der Waals surface area contributed by atoms with Gasteiger partial charge in [-0.15, -0.1) is 0 Å². The van der Waals surface area contributed by atoms with Crippen LogP contribution < -0.4 is 9.46 Å². The highest BCUT2D eigenvalue weighted by Crippen LogP contribution is 2.38. The molecule has 5 heteroatoms. The highest BCUT2D eigenvalue weighted by molar-refractivity contribution is 7.92. The van der Waals surface area contributed by atoms with E-state index in [0.717, 1.165) is 23.1 Å². The fourth-order valence-corrected chi connectivity index (χ4v) is 4.70. The predicted octanol–water partition coefficient (Wildman–Crippen LogP) is 4.38. The van der Waals surface area contributed by atoms with Crippen LogP contribution in [0.4, 0.5) is 5.69 Å². The van der Waals surface area contributed by atoms with Gasteiger partial charge in [0, 0.05) is 5.69 Å². The fourth-order valence-electron chi connectivity index (χ4n) is 3.39. The Bertz CT molecular complexity index is 1100. The van der Waals surface area contributed by atoms with E-state index in [1.807, 2.05) is 43.3 Å². The second-order valence-electron chi connectivity index (χ2n) is 6.47. The first-order valence-electron chi connectivity index (χ1n) is 8.36. The number of methoxy groups -OCH3 is 1. The first-order valence-corrected chi connectivity index (χ1v) is 9.85. The molecular weight excluding hydrogens is 346 g/mol. The molecule has 132 valence electrons. The Labute approximate surface area is 153 Å². The number of benzene rings is 3. The Balaban J connectivity index is 1.72. The van der Waals surface area contributed by atoms with Crippen molar-refractivity contribution in [1.82, 2.24) is 0 Å².